The Morgan fingerprint density at radius 2 is 2.17 bits per heavy atom. The summed E-state index contributed by atoms with van der Waals surface area (Å²) in [5.74, 6) is 0.649. The first-order chi connectivity index (χ1) is 11.3. The van der Waals surface area contributed by atoms with Crippen LogP contribution in [0.15, 0.2) is 30.9 Å². The van der Waals surface area contributed by atoms with Crippen LogP contribution in [0.3, 0.4) is 0 Å². The van der Waals surface area contributed by atoms with Crippen molar-refractivity contribution < 1.29 is 4.74 Å². The molecule has 0 unspecified atom stereocenters. The molecular formula is C16H20N6O. The number of rotatable bonds is 3. The predicted octanol–water partition coefficient (Wildman–Crippen LogP) is 1.65. The highest BCUT2D eigenvalue weighted by Gasteiger charge is 2.17. The van der Waals surface area contributed by atoms with Crippen LogP contribution in [0.2, 0.25) is 0 Å². The van der Waals surface area contributed by atoms with Crippen LogP contribution in [0.5, 0.6) is 5.88 Å². The van der Waals surface area contributed by atoms with Gasteiger partial charge in [0.2, 0.25) is 5.88 Å². The number of aromatic nitrogens is 5. The fourth-order valence-corrected chi connectivity index (χ4v) is 2.94. The zero-order chi connectivity index (χ0) is 15.6. The molecule has 0 aliphatic carbocycles. The molecule has 0 saturated carbocycles. The lowest BCUT2D eigenvalue weighted by molar-refractivity contribution is 0.182. The molecule has 1 fully saturated rings. The van der Waals surface area contributed by atoms with Gasteiger partial charge in [-0.1, -0.05) is 0 Å². The number of ether oxygens (including phenoxy) is 1. The number of hydrogen-bond acceptors (Lipinski definition) is 5. The molecule has 23 heavy (non-hydrogen) atoms. The van der Waals surface area contributed by atoms with Crippen molar-refractivity contribution in [2.24, 2.45) is 7.05 Å². The van der Waals surface area contributed by atoms with Crippen LogP contribution < -0.4 is 10.1 Å². The van der Waals surface area contributed by atoms with E-state index in [1.807, 2.05) is 30.0 Å². The minimum absolute atomic E-state index is 0.195. The topological polar surface area (TPSA) is 69.3 Å². The van der Waals surface area contributed by atoms with E-state index < -0.39 is 0 Å². The Morgan fingerprint density at radius 1 is 1.22 bits per heavy atom. The van der Waals surface area contributed by atoms with E-state index in [1.165, 1.54) is 0 Å². The highest BCUT2D eigenvalue weighted by atomic mass is 16.5. The summed E-state index contributed by atoms with van der Waals surface area (Å²) in [5, 5.41) is 12.0. The van der Waals surface area contributed by atoms with Gasteiger partial charge in [-0.3, -0.25) is 4.68 Å². The highest BCUT2D eigenvalue weighted by molar-refractivity contribution is 5.63. The van der Waals surface area contributed by atoms with Crippen LogP contribution in [0.1, 0.15) is 19.3 Å². The third kappa shape index (κ3) is 2.92. The van der Waals surface area contributed by atoms with E-state index in [-0.39, 0.29) is 6.10 Å². The molecule has 1 atom stereocenters. The Labute approximate surface area is 134 Å². The Kier molecular flexibility index (Phi) is 3.70. The van der Waals surface area contributed by atoms with E-state index in [4.69, 9.17) is 9.72 Å². The maximum absolute atomic E-state index is 6.24. The number of fused-ring (bicyclic) bond motifs is 1. The largest absolute Gasteiger partial charge is 0.473 e. The minimum Gasteiger partial charge on any atom is -0.473 e. The van der Waals surface area contributed by atoms with Crippen molar-refractivity contribution in [1.82, 2.24) is 29.7 Å². The number of nitrogens with one attached hydrogen (secondary N) is 1. The Hall–Kier alpha value is -2.41. The fourth-order valence-electron chi connectivity index (χ4n) is 2.94. The molecule has 0 amide bonds. The first-order valence-corrected chi connectivity index (χ1v) is 8.00. The summed E-state index contributed by atoms with van der Waals surface area (Å²) >= 11 is 0. The molecule has 4 heterocycles. The van der Waals surface area contributed by atoms with Crippen LogP contribution >= 0.6 is 0 Å². The quantitative estimate of drug-likeness (QED) is 0.796. The van der Waals surface area contributed by atoms with E-state index in [0.29, 0.717) is 5.88 Å². The predicted molar refractivity (Wildman–Crippen MR) is 86.3 cm³/mol. The summed E-state index contributed by atoms with van der Waals surface area (Å²) in [7, 11) is 1.89. The van der Waals surface area contributed by atoms with Crippen molar-refractivity contribution in [2.75, 3.05) is 13.1 Å². The zero-order valence-electron chi connectivity index (χ0n) is 13.1. The molecule has 1 saturated heterocycles. The molecule has 1 N–H and O–H groups in total. The van der Waals surface area contributed by atoms with Gasteiger partial charge in [-0.2, -0.15) is 10.2 Å². The van der Waals surface area contributed by atoms with Gasteiger partial charge in [-0.15, -0.1) is 0 Å². The summed E-state index contributed by atoms with van der Waals surface area (Å²) < 4.78 is 9.82. The van der Waals surface area contributed by atoms with E-state index >= 15 is 0 Å². The van der Waals surface area contributed by atoms with Gasteiger partial charge in [0.15, 0.2) is 0 Å². The number of nitrogens with zero attached hydrogens (tertiary/aromatic N) is 5. The van der Waals surface area contributed by atoms with E-state index in [1.54, 1.807) is 17.1 Å². The zero-order valence-corrected chi connectivity index (χ0v) is 13.1. The maximum Gasteiger partial charge on any atom is 0.240 e. The average Bonchev–Trinajstić information content (AvgIpc) is 3.11. The summed E-state index contributed by atoms with van der Waals surface area (Å²) in [6.07, 6.45) is 10.8. The third-order valence-electron chi connectivity index (χ3n) is 4.16. The van der Waals surface area contributed by atoms with Gasteiger partial charge in [0.1, 0.15) is 11.6 Å². The molecule has 7 nitrogen and oxygen atoms in total. The number of hydrogen-bond donors (Lipinski definition) is 1. The van der Waals surface area contributed by atoms with Crippen LogP contribution in [0.4, 0.5) is 0 Å². The van der Waals surface area contributed by atoms with Crippen molar-refractivity contribution in [3.8, 4) is 17.1 Å². The monoisotopic (exact) mass is 312 g/mol. The molecule has 0 aromatic carbocycles. The summed E-state index contributed by atoms with van der Waals surface area (Å²) in [6, 6.07) is 1.93. The number of aryl methyl sites for hydroxylation is 1. The van der Waals surface area contributed by atoms with Crippen molar-refractivity contribution in [3.05, 3.63) is 30.9 Å². The molecule has 3 aromatic heterocycles. The minimum atomic E-state index is 0.195. The second-order valence-electron chi connectivity index (χ2n) is 5.92. The molecule has 3 aromatic rings. The fraction of sp³-hybridized carbons (Fsp3) is 0.438. The molecule has 0 bridgehead atoms. The molecule has 0 spiro atoms. The lowest BCUT2D eigenvalue weighted by atomic mass is 10.1. The molecule has 4 rings (SSSR count). The van der Waals surface area contributed by atoms with Crippen molar-refractivity contribution in [3.63, 3.8) is 0 Å². The second-order valence-corrected chi connectivity index (χ2v) is 5.92. The van der Waals surface area contributed by atoms with Crippen molar-refractivity contribution in [2.45, 2.75) is 25.4 Å². The van der Waals surface area contributed by atoms with Crippen molar-refractivity contribution >= 4 is 5.52 Å². The van der Waals surface area contributed by atoms with Gasteiger partial charge in [0.25, 0.3) is 0 Å². The molecule has 120 valence electrons. The smallest absolute Gasteiger partial charge is 0.240 e. The van der Waals surface area contributed by atoms with Crippen LogP contribution in [0, 0.1) is 0 Å². The third-order valence-corrected chi connectivity index (χ3v) is 4.16. The standard InChI is InChI=1S/C16H20N6O/c1-21-10-12(9-19-21)14-11-22-15(5-8-18-22)16(20-14)23-13-3-2-6-17-7-4-13/h5,8-11,13,17H,2-4,6-7H2,1H3/t13-/m1/s1. The molecule has 0 radical (unpaired) electrons. The summed E-state index contributed by atoms with van der Waals surface area (Å²) in [5.41, 5.74) is 2.67. The Bertz CT molecular complexity index is 800. The van der Waals surface area contributed by atoms with Gasteiger partial charge in [-0.25, -0.2) is 9.50 Å². The van der Waals surface area contributed by atoms with Gasteiger partial charge < -0.3 is 10.1 Å². The van der Waals surface area contributed by atoms with E-state index in [0.717, 1.165) is 49.1 Å². The van der Waals surface area contributed by atoms with Crippen LogP contribution in [0.25, 0.3) is 16.8 Å². The molecule has 7 heteroatoms. The Morgan fingerprint density at radius 3 is 3.04 bits per heavy atom. The first-order valence-electron chi connectivity index (χ1n) is 8.00. The highest BCUT2D eigenvalue weighted by Crippen LogP contribution is 2.25. The summed E-state index contributed by atoms with van der Waals surface area (Å²) in [4.78, 5) is 4.72. The van der Waals surface area contributed by atoms with Gasteiger partial charge >= 0.3 is 0 Å². The maximum atomic E-state index is 6.24. The van der Waals surface area contributed by atoms with Gasteiger partial charge in [0.05, 0.1) is 24.3 Å². The van der Waals surface area contributed by atoms with Crippen molar-refractivity contribution in [1.29, 1.82) is 0 Å². The Balaban J connectivity index is 1.70. The normalized spacial score (nSPS) is 18.9. The lowest BCUT2D eigenvalue weighted by Gasteiger charge is -2.17. The molecular weight excluding hydrogens is 292 g/mol. The van der Waals surface area contributed by atoms with E-state index in [9.17, 15) is 0 Å². The van der Waals surface area contributed by atoms with E-state index in [2.05, 4.69) is 15.5 Å². The summed E-state index contributed by atoms with van der Waals surface area (Å²) in [6.45, 7) is 2.05. The lowest BCUT2D eigenvalue weighted by Crippen LogP contribution is -2.20. The SMILES string of the molecule is Cn1cc(-c2cn3nccc3c(O[C@@H]3CCCNCC3)n2)cn1. The molecule has 1 aliphatic rings. The van der Waals surface area contributed by atoms with Crippen LogP contribution in [-0.4, -0.2) is 43.6 Å². The first kappa shape index (κ1) is 14.2. The average molecular weight is 312 g/mol. The second kappa shape index (κ2) is 6.00. The van der Waals surface area contributed by atoms with Crippen LogP contribution in [-0.2, 0) is 7.05 Å². The molecule has 1 aliphatic heterocycles. The van der Waals surface area contributed by atoms with Gasteiger partial charge in [0, 0.05) is 18.8 Å². The van der Waals surface area contributed by atoms with Gasteiger partial charge in [-0.05, 0) is 38.4 Å².